The van der Waals surface area contributed by atoms with Gasteiger partial charge in [-0.1, -0.05) is 5.16 Å². The zero-order valence-electron chi connectivity index (χ0n) is 15.2. The fourth-order valence-electron chi connectivity index (χ4n) is 2.70. The lowest BCUT2D eigenvalue weighted by atomic mass is 10.2. The van der Waals surface area contributed by atoms with Gasteiger partial charge in [-0.05, 0) is 56.3 Å². The average Bonchev–Trinajstić information content (AvgIpc) is 3.34. The molecule has 4 rings (SSSR count). The Morgan fingerprint density at radius 1 is 1.04 bits per heavy atom. The van der Waals surface area contributed by atoms with Crippen molar-refractivity contribution in [3.63, 3.8) is 0 Å². The number of aryl methyl sites for hydroxylation is 2. The molecule has 0 aliphatic heterocycles. The molecule has 0 atom stereocenters. The summed E-state index contributed by atoms with van der Waals surface area (Å²) < 4.78 is 6.66. The second-order valence-corrected chi connectivity index (χ2v) is 6.08. The smallest absolute Gasteiger partial charge is 0.261 e. The molecule has 0 saturated heterocycles. The zero-order valence-corrected chi connectivity index (χ0v) is 15.2. The summed E-state index contributed by atoms with van der Waals surface area (Å²) in [6.07, 6.45) is 3.48. The third-order valence-electron chi connectivity index (χ3n) is 4.07. The van der Waals surface area contributed by atoms with E-state index in [2.05, 4.69) is 31.1 Å². The van der Waals surface area contributed by atoms with Crippen LogP contribution in [0, 0.1) is 13.8 Å². The number of anilines is 3. The zero-order chi connectivity index (χ0) is 19.5. The van der Waals surface area contributed by atoms with Gasteiger partial charge in [0.2, 0.25) is 0 Å². The molecule has 28 heavy (non-hydrogen) atoms. The van der Waals surface area contributed by atoms with Crippen LogP contribution in [0.2, 0.25) is 0 Å². The highest BCUT2D eigenvalue weighted by atomic mass is 16.5. The molecule has 0 aliphatic carbocycles. The number of hydrogen-bond donors (Lipinski definition) is 2. The molecule has 0 saturated carbocycles. The number of carbonyl (C=O) groups excluding carboxylic acids is 1. The van der Waals surface area contributed by atoms with E-state index in [4.69, 9.17) is 4.52 Å². The van der Waals surface area contributed by atoms with E-state index in [0.717, 1.165) is 5.69 Å². The Morgan fingerprint density at radius 3 is 2.43 bits per heavy atom. The van der Waals surface area contributed by atoms with Crippen LogP contribution in [0.25, 0.3) is 5.82 Å². The Morgan fingerprint density at radius 2 is 1.82 bits per heavy atom. The largest absolute Gasteiger partial charge is 0.361 e. The predicted molar refractivity (Wildman–Crippen MR) is 103 cm³/mol. The Hall–Kier alpha value is -4.01. The Balaban J connectivity index is 1.41. The summed E-state index contributed by atoms with van der Waals surface area (Å²) in [5, 5.41) is 22.2. The molecule has 0 radical (unpaired) electrons. The average molecular weight is 375 g/mol. The van der Waals surface area contributed by atoms with Crippen LogP contribution in [-0.2, 0) is 0 Å². The number of rotatable bonds is 5. The first-order valence-corrected chi connectivity index (χ1v) is 8.55. The maximum atomic E-state index is 12.4. The molecule has 0 aliphatic rings. The fourth-order valence-corrected chi connectivity index (χ4v) is 2.70. The van der Waals surface area contributed by atoms with Crippen LogP contribution in [0.15, 0.2) is 59.4 Å². The van der Waals surface area contributed by atoms with Crippen molar-refractivity contribution in [2.45, 2.75) is 13.8 Å². The molecule has 4 aromatic rings. The third-order valence-corrected chi connectivity index (χ3v) is 4.07. The molecule has 0 spiro atoms. The normalized spacial score (nSPS) is 10.6. The predicted octanol–water partition coefficient (Wildman–Crippen LogP) is 3.26. The second kappa shape index (κ2) is 7.31. The van der Waals surface area contributed by atoms with E-state index < -0.39 is 0 Å². The first kappa shape index (κ1) is 17.4. The summed E-state index contributed by atoms with van der Waals surface area (Å²) in [4.78, 5) is 12.4. The van der Waals surface area contributed by atoms with Crippen LogP contribution in [0.1, 0.15) is 21.8 Å². The third kappa shape index (κ3) is 3.58. The molecule has 0 fully saturated rings. The molecule has 9 nitrogen and oxygen atoms in total. The van der Waals surface area contributed by atoms with Gasteiger partial charge in [-0.2, -0.15) is 5.10 Å². The number of carbonyl (C=O) groups is 1. The minimum Gasteiger partial charge on any atom is -0.361 e. The van der Waals surface area contributed by atoms with Gasteiger partial charge in [0.1, 0.15) is 11.3 Å². The Labute approximate surface area is 160 Å². The van der Waals surface area contributed by atoms with Crippen molar-refractivity contribution in [1.29, 1.82) is 0 Å². The Kier molecular flexibility index (Phi) is 4.55. The lowest BCUT2D eigenvalue weighted by Gasteiger charge is -2.08. The van der Waals surface area contributed by atoms with Crippen molar-refractivity contribution in [3.05, 3.63) is 71.9 Å². The van der Waals surface area contributed by atoms with Gasteiger partial charge in [0, 0.05) is 23.8 Å². The van der Waals surface area contributed by atoms with Gasteiger partial charge in [0.25, 0.3) is 5.91 Å². The number of amides is 1. The highest BCUT2D eigenvalue weighted by Crippen LogP contribution is 2.19. The maximum absolute atomic E-state index is 12.4. The molecule has 140 valence electrons. The van der Waals surface area contributed by atoms with Crippen molar-refractivity contribution in [2.24, 2.45) is 0 Å². The molecule has 3 aromatic heterocycles. The van der Waals surface area contributed by atoms with Crippen LogP contribution in [0.4, 0.5) is 17.2 Å². The summed E-state index contributed by atoms with van der Waals surface area (Å²) in [6.45, 7) is 3.44. The van der Waals surface area contributed by atoms with Gasteiger partial charge in [-0.25, -0.2) is 4.68 Å². The Bertz CT molecular complexity index is 1070. The van der Waals surface area contributed by atoms with Gasteiger partial charge in [-0.3, -0.25) is 4.79 Å². The molecule has 0 unspecified atom stereocenters. The molecular formula is C19H17N7O2. The van der Waals surface area contributed by atoms with Crippen LogP contribution in [0.3, 0.4) is 0 Å². The summed E-state index contributed by atoms with van der Waals surface area (Å²) >= 11 is 0. The lowest BCUT2D eigenvalue weighted by Crippen LogP contribution is -2.13. The van der Waals surface area contributed by atoms with Crippen molar-refractivity contribution >= 4 is 23.1 Å². The molecule has 1 aromatic carbocycles. The first-order chi connectivity index (χ1) is 13.6. The second-order valence-electron chi connectivity index (χ2n) is 6.08. The van der Waals surface area contributed by atoms with Crippen molar-refractivity contribution in [2.75, 3.05) is 10.6 Å². The number of benzene rings is 1. The van der Waals surface area contributed by atoms with Crippen LogP contribution in [-0.4, -0.2) is 31.0 Å². The van der Waals surface area contributed by atoms with E-state index >= 15 is 0 Å². The quantitative estimate of drug-likeness (QED) is 0.551. The molecule has 2 N–H and O–H groups in total. The van der Waals surface area contributed by atoms with E-state index in [1.807, 2.05) is 30.3 Å². The van der Waals surface area contributed by atoms with Gasteiger partial charge < -0.3 is 15.2 Å². The van der Waals surface area contributed by atoms with Crippen molar-refractivity contribution in [3.8, 4) is 5.82 Å². The van der Waals surface area contributed by atoms with Gasteiger partial charge in [-0.15, -0.1) is 10.2 Å². The minimum atomic E-state index is -0.253. The van der Waals surface area contributed by atoms with Crippen molar-refractivity contribution in [1.82, 2.24) is 25.1 Å². The van der Waals surface area contributed by atoms with Gasteiger partial charge in [0.05, 0.1) is 5.69 Å². The summed E-state index contributed by atoms with van der Waals surface area (Å²) in [6, 6.07) is 12.7. The molecular weight excluding hydrogens is 358 g/mol. The van der Waals surface area contributed by atoms with E-state index in [9.17, 15) is 4.79 Å². The molecule has 3 heterocycles. The number of aromatic nitrogens is 5. The number of nitrogens with zero attached hydrogens (tertiary/aromatic N) is 5. The molecule has 1 amide bonds. The summed E-state index contributed by atoms with van der Waals surface area (Å²) in [5.41, 5.74) is 2.49. The van der Waals surface area contributed by atoms with Gasteiger partial charge in [0.15, 0.2) is 11.6 Å². The van der Waals surface area contributed by atoms with E-state index in [1.54, 1.807) is 43.1 Å². The van der Waals surface area contributed by atoms with Gasteiger partial charge >= 0.3 is 0 Å². The summed E-state index contributed by atoms with van der Waals surface area (Å²) in [7, 11) is 0. The van der Waals surface area contributed by atoms with Crippen LogP contribution < -0.4 is 10.6 Å². The highest BCUT2D eigenvalue weighted by Gasteiger charge is 2.17. The molecule has 0 bridgehead atoms. The number of nitrogens with one attached hydrogen (secondary N) is 2. The minimum absolute atomic E-state index is 0.253. The monoisotopic (exact) mass is 375 g/mol. The van der Waals surface area contributed by atoms with Crippen LogP contribution in [0.5, 0.6) is 0 Å². The van der Waals surface area contributed by atoms with Crippen LogP contribution >= 0.6 is 0 Å². The van der Waals surface area contributed by atoms with E-state index in [-0.39, 0.29) is 5.91 Å². The molecule has 9 heteroatoms. The van der Waals surface area contributed by atoms with Crippen molar-refractivity contribution < 1.29 is 9.32 Å². The topological polar surface area (TPSA) is 111 Å². The standard InChI is InChI=1S/C19H17N7O2/c1-12-18(13(2)28-25-12)19(27)22-15-6-4-14(5-7-15)21-16-8-9-17(24-23-16)26-11-3-10-20-26/h3-11H,1-2H3,(H,21,23)(H,22,27). The number of hydrogen-bond acceptors (Lipinski definition) is 7. The first-order valence-electron chi connectivity index (χ1n) is 8.55. The highest BCUT2D eigenvalue weighted by molar-refractivity contribution is 6.05. The van der Waals surface area contributed by atoms with E-state index in [0.29, 0.717) is 34.3 Å². The van der Waals surface area contributed by atoms with E-state index in [1.165, 1.54) is 0 Å². The lowest BCUT2D eigenvalue weighted by molar-refractivity contribution is 0.102. The summed E-state index contributed by atoms with van der Waals surface area (Å²) in [5.74, 6) is 1.47. The SMILES string of the molecule is Cc1noc(C)c1C(=O)Nc1ccc(Nc2ccc(-n3cccn3)nn2)cc1. The maximum Gasteiger partial charge on any atom is 0.261 e. The fraction of sp³-hybridized carbons (Fsp3) is 0.105.